The fourth-order valence-electron chi connectivity index (χ4n) is 2.67. The van der Waals surface area contributed by atoms with Gasteiger partial charge in [0.1, 0.15) is 5.76 Å². The molecule has 1 aliphatic carbocycles. The zero-order valence-electron chi connectivity index (χ0n) is 11.0. The van der Waals surface area contributed by atoms with Gasteiger partial charge in [-0.05, 0) is 37.1 Å². The van der Waals surface area contributed by atoms with Gasteiger partial charge in [0.15, 0.2) is 0 Å². The van der Waals surface area contributed by atoms with Crippen molar-refractivity contribution in [3.8, 4) is 0 Å². The Kier molecular flexibility index (Phi) is 3.61. The van der Waals surface area contributed by atoms with E-state index in [2.05, 4.69) is 5.32 Å². The first-order chi connectivity index (χ1) is 9.95. The van der Waals surface area contributed by atoms with Crippen molar-refractivity contribution in [3.63, 3.8) is 0 Å². The molecule has 1 aromatic carbocycles. The minimum Gasteiger partial charge on any atom is -0.469 e. The number of aryl methyl sites for hydroxylation is 1. The van der Waals surface area contributed by atoms with E-state index in [0.29, 0.717) is 5.69 Å². The molecular formula is C15H13ClF3NO. The number of benzene rings is 1. The molecular weight excluding hydrogens is 303 g/mol. The van der Waals surface area contributed by atoms with Crippen LogP contribution in [0.4, 0.5) is 18.9 Å². The second-order valence-corrected chi connectivity index (χ2v) is 5.49. The van der Waals surface area contributed by atoms with E-state index >= 15 is 0 Å². The zero-order chi connectivity index (χ0) is 15.0. The van der Waals surface area contributed by atoms with Crippen molar-refractivity contribution in [1.82, 2.24) is 0 Å². The number of nitrogens with one attached hydrogen (secondary N) is 1. The van der Waals surface area contributed by atoms with Crippen LogP contribution in [-0.4, -0.2) is 0 Å². The minimum atomic E-state index is -4.46. The molecule has 1 heterocycles. The van der Waals surface area contributed by atoms with Crippen LogP contribution in [0.25, 0.3) is 0 Å². The molecule has 6 heteroatoms. The van der Waals surface area contributed by atoms with Gasteiger partial charge in [0.2, 0.25) is 0 Å². The van der Waals surface area contributed by atoms with E-state index in [9.17, 15) is 13.2 Å². The Labute approximate surface area is 124 Å². The first kappa shape index (κ1) is 14.3. The molecule has 2 aromatic rings. The highest BCUT2D eigenvalue weighted by atomic mass is 35.5. The number of hydrogen-bond acceptors (Lipinski definition) is 2. The fraction of sp³-hybridized carbons (Fsp3) is 0.333. The van der Waals surface area contributed by atoms with Gasteiger partial charge in [-0.15, -0.1) is 0 Å². The molecule has 0 aliphatic heterocycles. The zero-order valence-corrected chi connectivity index (χ0v) is 11.8. The van der Waals surface area contributed by atoms with Gasteiger partial charge in [0.05, 0.1) is 22.9 Å². The Bertz CT molecular complexity index is 651. The second kappa shape index (κ2) is 5.30. The van der Waals surface area contributed by atoms with Crippen molar-refractivity contribution < 1.29 is 17.6 Å². The van der Waals surface area contributed by atoms with E-state index < -0.39 is 11.7 Å². The molecule has 0 saturated heterocycles. The molecule has 112 valence electrons. The number of alkyl halides is 3. The molecule has 1 atom stereocenters. The fourth-order valence-corrected chi connectivity index (χ4v) is 2.89. The summed E-state index contributed by atoms with van der Waals surface area (Å²) in [5.74, 6) is 0.906. The first-order valence-electron chi connectivity index (χ1n) is 6.64. The van der Waals surface area contributed by atoms with E-state index in [1.54, 1.807) is 12.3 Å². The molecule has 0 bridgehead atoms. The van der Waals surface area contributed by atoms with Crippen molar-refractivity contribution in [2.75, 3.05) is 5.32 Å². The van der Waals surface area contributed by atoms with Crippen LogP contribution in [0.2, 0.25) is 5.02 Å². The Morgan fingerprint density at radius 1 is 1.24 bits per heavy atom. The summed E-state index contributed by atoms with van der Waals surface area (Å²) in [7, 11) is 0. The molecule has 0 fully saturated rings. The average Bonchev–Trinajstić information content (AvgIpc) is 2.89. The van der Waals surface area contributed by atoms with Gasteiger partial charge < -0.3 is 9.73 Å². The number of anilines is 1. The summed E-state index contributed by atoms with van der Waals surface area (Å²) < 4.78 is 44.0. The quantitative estimate of drug-likeness (QED) is 0.798. The normalized spacial score (nSPS) is 18.4. The third kappa shape index (κ3) is 2.88. The summed E-state index contributed by atoms with van der Waals surface area (Å²) in [5, 5.41) is 2.85. The average molecular weight is 316 g/mol. The largest absolute Gasteiger partial charge is 0.469 e. The Hall–Kier alpha value is -1.62. The van der Waals surface area contributed by atoms with Crippen molar-refractivity contribution in [2.45, 2.75) is 31.5 Å². The van der Waals surface area contributed by atoms with Crippen molar-refractivity contribution in [3.05, 3.63) is 52.4 Å². The van der Waals surface area contributed by atoms with Crippen LogP contribution >= 0.6 is 11.6 Å². The highest BCUT2D eigenvalue weighted by molar-refractivity contribution is 6.31. The van der Waals surface area contributed by atoms with E-state index in [1.165, 1.54) is 6.07 Å². The maximum atomic E-state index is 12.9. The second-order valence-electron chi connectivity index (χ2n) is 5.08. The summed E-state index contributed by atoms with van der Waals surface area (Å²) in [6, 6.07) is 5.72. The lowest BCUT2D eigenvalue weighted by atomic mass is 9.93. The summed E-state index contributed by atoms with van der Waals surface area (Å²) in [6.07, 6.45) is -0.168. The Morgan fingerprint density at radius 2 is 2.05 bits per heavy atom. The molecule has 0 spiro atoms. The third-order valence-corrected chi connectivity index (χ3v) is 3.99. The SMILES string of the molecule is FC(F)(F)c1cc(NC2CCCc3occc32)ccc1Cl. The van der Waals surface area contributed by atoms with Gasteiger partial charge in [-0.3, -0.25) is 0 Å². The number of rotatable bonds is 2. The minimum absolute atomic E-state index is 0.0326. The number of fused-ring (bicyclic) bond motifs is 1. The Balaban J connectivity index is 1.87. The van der Waals surface area contributed by atoms with Crippen LogP contribution in [0, 0.1) is 0 Å². The number of furan rings is 1. The standard InChI is InChI=1S/C15H13ClF3NO/c16-12-5-4-9(8-11(12)15(17,18)19)20-13-2-1-3-14-10(13)6-7-21-14/h4-8,13,20H,1-3H2. The van der Waals surface area contributed by atoms with Gasteiger partial charge in [-0.25, -0.2) is 0 Å². The van der Waals surface area contributed by atoms with E-state index in [0.717, 1.165) is 36.7 Å². The van der Waals surface area contributed by atoms with Crippen molar-refractivity contribution >= 4 is 17.3 Å². The lowest BCUT2D eigenvalue weighted by Gasteiger charge is -2.24. The molecule has 1 N–H and O–H groups in total. The summed E-state index contributed by atoms with van der Waals surface area (Å²) >= 11 is 5.62. The van der Waals surface area contributed by atoms with Crippen LogP contribution in [0.3, 0.4) is 0 Å². The van der Waals surface area contributed by atoms with Crippen molar-refractivity contribution in [1.29, 1.82) is 0 Å². The molecule has 0 saturated carbocycles. The lowest BCUT2D eigenvalue weighted by molar-refractivity contribution is -0.137. The maximum absolute atomic E-state index is 12.9. The summed E-state index contributed by atoms with van der Waals surface area (Å²) in [4.78, 5) is 0. The van der Waals surface area contributed by atoms with Crippen molar-refractivity contribution in [2.24, 2.45) is 0 Å². The monoisotopic (exact) mass is 315 g/mol. The van der Waals surface area contributed by atoms with Crippen LogP contribution in [0.1, 0.15) is 35.8 Å². The predicted molar refractivity (Wildman–Crippen MR) is 74.5 cm³/mol. The molecule has 0 radical (unpaired) electrons. The van der Waals surface area contributed by atoms with Crippen LogP contribution in [0.15, 0.2) is 34.9 Å². The number of hydrogen-bond donors (Lipinski definition) is 1. The van der Waals surface area contributed by atoms with Crippen LogP contribution in [-0.2, 0) is 12.6 Å². The van der Waals surface area contributed by atoms with Gasteiger partial charge in [-0.2, -0.15) is 13.2 Å². The molecule has 0 amide bonds. The highest BCUT2D eigenvalue weighted by Crippen LogP contribution is 2.38. The third-order valence-electron chi connectivity index (χ3n) is 3.66. The molecule has 21 heavy (non-hydrogen) atoms. The van der Waals surface area contributed by atoms with E-state index in [-0.39, 0.29) is 11.1 Å². The molecule has 1 unspecified atom stereocenters. The van der Waals surface area contributed by atoms with E-state index in [4.69, 9.17) is 16.0 Å². The smallest absolute Gasteiger partial charge is 0.417 e. The van der Waals surface area contributed by atoms with Gasteiger partial charge >= 0.3 is 6.18 Å². The molecule has 3 rings (SSSR count). The molecule has 1 aliphatic rings. The lowest BCUT2D eigenvalue weighted by Crippen LogP contribution is -2.16. The first-order valence-corrected chi connectivity index (χ1v) is 7.02. The van der Waals surface area contributed by atoms with Gasteiger partial charge in [-0.1, -0.05) is 11.6 Å². The number of halogens is 4. The van der Waals surface area contributed by atoms with Crippen LogP contribution < -0.4 is 5.32 Å². The summed E-state index contributed by atoms with van der Waals surface area (Å²) in [5.41, 5.74) is 0.605. The molecule has 1 aromatic heterocycles. The van der Waals surface area contributed by atoms with E-state index in [1.807, 2.05) is 6.07 Å². The molecule has 2 nitrogen and oxygen atoms in total. The summed E-state index contributed by atoms with van der Waals surface area (Å²) in [6.45, 7) is 0. The van der Waals surface area contributed by atoms with Gasteiger partial charge in [0.25, 0.3) is 0 Å². The van der Waals surface area contributed by atoms with Gasteiger partial charge in [0, 0.05) is 17.7 Å². The maximum Gasteiger partial charge on any atom is 0.417 e. The Morgan fingerprint density at radius 3 is 2.81 bits per heavy atom. The predicted octanol–water partition coefficient (Wildman–Crippen LogP) is 5.44. The highest BCUT2D eigenvalue weighted by Gasteiger charge is 2.33. The topological polar surface area (TPSA) is 25.2 Å². The van der Waals surface area contributed by atoms with Crippen LogP contribution in [0.5, 0.6) is 0 Å².